The lowest BCUT2D eigenvalue weighted by Gasteiger charge is -2.21. The van der Waals surface area contributed by atoms with Crippen molar-refractivity contribution >= 4 is 17.4 Å². The van der Waals surface area contributed by atoms with Crippen molar-refractivity contribution in [3.63, 3.8) is 0 Å². The molecule has 1 aromatic heterocycles. The molecule has 0 radical (unpaired) electrons. The number of methoxy groups -OCH3 is 2. The summed E-state index contributed by atoms with van der Waals surface area (Å²) in [6, 6.07) is 14.6. The van der Waals surface area contributed by atoms with Crippen LogP contribution in [0.2, 0.25) is 0 Å². The molecule has 0 fully saturated rings. The summed E-state index contributed by atoms with van der Waals surface area (Å²) in [6.07, 6.45) is 1.56. The van der Waals surface area contributed by atoms with Gasteiger partial charge < -0.3 is 19.5 Å². The van der Waals surface area contributed by atoms with Crippen molar-refractivity contribution in [1.29, 1.82) is 0 Å². The molecule has 1 amide bonds. The number of aromatic nitrogens is 2. The van der Waals surface area contributed by atoms with Crippen molar-refractivity contribution in [2.24, 2.45) is 7.05 Å². The van der Waals surface area contributed by atoms with Crippen LogP contribution in [0.15, 0.2) is 54.7 Å². The zero-order valence-electron chi connectivity index (χ0n) is 21.3. The molecule has 0 bridgehead atoms. The van der Waals surface area contributed by atoms with Gasteiger partial charge in [0, 0.05) is 50.2 Å². The lowest BCUT2D eigenvalue weighted by Crippen LogP contribution is -2.25. The predicted octanol–water partition coefficient (Wildman–Crippen LogP) is 3.50. The third-order valence-electron chi connectivity index (χ3n) is 5.07. The number of amides is 1. The molecule has 9 heteroatoms. The number of hydroxylamine groups is 1. The van der Waals surface area contributed by atoms with E-state index < -0.39 is 0 Å². The van der Waals surface area contributed by atoms with E-state index in [4.69, 9.17) is 19.0 Å². The van der Waals surface area contributed by atoms with Gasteiger partial charge in [-0.3, -0.25) is 19.4 Å². The second-order valence-corrected chi connectivity index (χ2v) is 8.04. The molecule has 0 saturated carbocycles. The first kappa shape index (κ1) is 26.8. The Morgan fingerprint density at radius 2 is 1.89 bits per heavy atom. The van der Waals surface area contributed by atoms with Crippen LogP contribution >= 0.6 is 0 Å². The molecule has 36 heavy (non-hydrogen) atoms. The number of nitrogens with one attached hydrogen (secondary N) is 1. The number of benzene rings is 2. The molecule has 9 nitrogen and oxygen atoms in total. The Morgan fingerprint density at radius 3 is 2.58 bits per heavy atom. The summed E-state index contributed by atoms with van der Waals surface area (Å²) in [5.74, 6) is 7.00. The van der Waals surface area contributed by atoms with E-state index in [0.717, 1.165) is 11.3 Å². The molecular weight excluding hydrogens is 460 g/mol. The van der Waals surface area contributed by atoms with Crippen LogP contribution in [0.5, 0.6) is 5.75 Å². The standard InChI is InChI=1S/C27H32N4O5/c1-20(19-34-4)36-25-17-22(15-23(18-25)27(32)28-26-11-12-30(2)29-26)10-9-21-7-6-8-24(16-21)31(35-5)13-14-33-3/h6-8,11-12,15-18,20H,13-14,19H2,1-5H3,(H,28,29,32)/t20-/m0/s1. The van der Waals surface area contributed by atoms with Crippen molar-refractivity contribution in [3.8, 4) is 17.6 Å². The Kier molecular flexibility index (Phi) is 9.89. The second kappa shape index (κ2) is 13.3. The van der Waals surface area contributed by atoms with E-state index in [9.17, 15) is 4.79 Å². The molecule has 1 atom stereocenters. The Hall–Kier alpha value is -3.84. The third kappa shape index (κ3) is 7.85. The summed E-state index contributed by atoms with van der Waals surface area (Å²) in [5.41, 5.74) is 2.70. The van der Waals surface area contributed by atoms with Gasteiger partial charge in [-0.05, 0) is 43.3 Å². The zero-order valence-corrected chi connectivity index (χ0v) is 21.3. The van der Waals surface area contributed by atoms with Crippen molar-refractivity contribution < 1.29 is 23.8 Å². The number of hydrogen-bond acceptors (Lipinski definition) is 7. The first-order valence-electron chi connectivity index (χ1n) is 11.5. The summed E-state index contributed by atoms with van der Waals surface area (Å²) in [4.78, 5) is 18.4. The molecule has 1 N–H and O–H groups in total. The van der Waals surface area contributed by atoms with Crippen LogP contribution in [0.25, 0.3) is 0 Å². The molecule has 0 saturated heterocycles. The van der Waals surface area contributed by atoms with Gasteiger partial charge >= 0.3 is 0 Å². The molecule has 3 aromatic rings. The van der Waals surface area contributed by atoms with E-state index >= 15 is 0 Å². The van der Waals surface area contributed by atoms with E-state index in [1.165, 1.54) is 0 Å². The summed E-state index contributed by atoms with van der Waals surface area (Å²) < 4.78 is 17.9. The Morgan fingerprint density at radius 1 is 1.08 bits per heavy atom. The highest BCUT2D eigenvalue weighted by Crippen LogP contribution is 2.20. The maximum atomic E-state index is 12.9. The molecule has 0 aliphatic heterocycles. The van der Waals surface area contributed by atoms with E-state index in [1.807, 2.05) is 31.2 Å². The number of rotatable bonds is 11. The van der Waals surface area contributed by atoms with E-state index in [-0.39, 0.29) is 12.0 Å². The largest absolute Gasteiger partial charge is 0.488 e. The topological polar surface area (TPSA) is 87.1 Å². The Balaban J connectivity index is 1.89. The number of hydrogen-bond donors (Lipinski definition) is 1. The number of ether oxygens (including phenoxy) is 3. The lowest BCUT2D eigenvalue weighted by atomic mass is 10.1. The highest BCUT2D eigenvalue weighted by Gasteiger charge is 2.13. The summed E-state index contributed by atoms with van der Waals surface area (Å²) in [6.45, 7) is 3.42. The van der Waals surface area contributed by atoms with Gasteiger partial charge in [0.25, 0.3) is 5.91 Å². The van der Waals surface area contributed by atoms with Crippen molar-refractivity contribution in [3.05, 3.63) is 71.4 Å². The minimum atomic E-state index is -0.308. The molecule has 0 aliphatic carbocycles. The molecule has 3 rings (SSSR count). The van der Waals surface area contributed by atoms with Crippen LogP contribution < -0.4 is 15.1 Å². The molecule has 190 valence electrons. The van der Waals surface area contributed by atoms with Gasteiger partial charge in [-0.25, -0.2) is 0 Å². The summed E-state index contributed by atoms with van der Waals surface area (Å²) in [7, 11) is 6.66. The maximum absolute atomic E-state index is 12.9. The number of carbonyl (C=O) groups is 1. The molecular formula is C27H32N4O5. The van der Waals surface area contributed by atoms with Gasteiger partial charge in [0.05, 0.1) is 32.6 Å². The van der Waals surface area contributed by atoms with Crippen LogP contribution in [0.1, 0.15) is 28.4 Å². The van der Waals surface area contributed by atoms with Gasteiger partial charge in [0.1, 0.15) is 11.9 Å². The number of anilines is 2. The normalized spacial score (nSPS) is 11.4. The number of aryl methyl sites for hydroxylation is 1. The fraction of sp³-hybridized carbons (Fsp3) is 0.333. The second-order valence-electron chi connectivity index (χ2n) is 8.04. The minimum absolute atomic E-state index is 0.200. The van der Waals surface area contributed by atoms with E-state index in [1.54, 1.807) is 68.6 Å². The van der Waals surface area contributed by atoms with Gasteiger partial charge in [-0.15, -0.1) is 0 Å². The molecule has 0 aliphatic rings. The average molecular weight is 493 g/mol. The molecule has 0 unspecified atom stereocenters. The highest BCUT2D eigenvalue weighted by molar-refractivity contribution is 6.04. The first-order valence-corrected chi connectivity index (χ1v) is 11.5. The Bertz CT molecular complexity index is 1210. The van der Waals surface area contributed by atoms with Crippen LogP contribution in [0, 0.1) is 11.8 Å². The van der Waals surface area contributed by atoms with Crippen LogP contribution in [0.4, 0.5) is 11.5 Å². The number of carbonyl (C=O) groups excluding carboxylic acids is 1. The van der Waals surface area contributed by atoms with Crippen molar-refractivity contribution in [1.82, 2.24) is 9.78 Å². The lowest BCUT2D eigenvalue weighted by molar-refractivity contribution is 0.0917. The third-order valence-corrected chi connectivity index (χ3v) is 5.07. The van der Waals surface area contributed by atoms with Crippen LogP contribution in [-0.4, -0.2) is 62.9 Å². The Labute approximate surface area is 211 Å². The first-order chi connectivity index (χ1) is 17.4. The van der Waals surface area contributed by atoms with Gasteiger partial charge in [-0.2, -0.15) is 5.10 Å². The molecule has 0 spiro atoms. The summed E-state index contributed by atoms with van der Waals surface area (Å²) >= 11 is 0. The van der Waals surface area contributed by atoms with E-state index in [0.29, 0.717) is 42.5 Å². The maximum Gasteiger partial charge on any atom is 0.257 e. The van der Waals surface area contributed by atoms with Gasteiger partial charge in [0.2, 0.25) is 0 Å². The zero-order chi connectivity index (χ0) is 25.9. The number of nitrogens with zero attached hydrogens (tertiary/aromatic N) is 3. The predicted molar refractivity (Wildman–Crippen MR) is 138 cm³/mol. The van der Waals surface area contributed by atoms with Gasteiger partial charge in [0.15, 0.2) is 5.82 Å². The van der Waals surface area contributed by atoms with Crippen LogP contribution in [0.3, 0.4) is 0 Å². The summed E-state index contributed by atoms with van der Waals surface area (Å²) in [5, 5.41) is 8.74. The smallest absolute Gasteiger partial charge is 0.257 e. The molecule has 2 aromatic carbocycles. The van der Waals surface area contributed by atoms with Crippen molar-refractivity contribution in [2.45, 2.75) is 13.0 Å². The average Bonchev–Trinajstić information content (AvgIpc) is 3.27. The van der Waals surface area contributed by atoms with Crippen molar-refractivity contribution in [2.75, 3.05) is 51.5 Å². The van der Waals surface area contributed by atoms with Gasteiger partial charge in [-0.1, -0.05) is 17.9 Å². The molecule has 1 heterocycles. The fourth-order valence-electron chi connectivity index (χ4n) is 3.42. The quantitative estimate of drug-likeness (QED) is 0.324. The fourth-order valence-corrected chi connectivity index (χ4v) is 3.42. The van der Waals surface area contributed by atoms with Crippen LogP contribution in [-0.2, 0) is 21.4 Å². The SMILES string of the molecule is COCCN(OC)c1cccc(C#Cc2cc(O[C@@H](C)COC)cc(C(=O)Nc3ccn(C)n3)c2)c1. The monoisotopic (exact) mass is 492 g/mol. The minimum Gasteiger partial charge on any atom is -0.488 e. The highest BCUT2D eigenvalue weighted by atomic mass is 16.7. The van der Waals surface area contributed by atoms with E-state index in [2.05, 4.69) is 22.3 Å².